The minimum Gasteiger partial charge on any atom is -0.0885 e. The Morgan fingerprint density at radius 2 is 1.04 bits per heavy atom. The van der Waals surface area contributed by atoms with E-state index in [2.05, 4.69) is 85.8 Å². The van der Waals surface area contributed by atoms with Gasteiger partial charge in [-0.25, -0.2) is 0 Å². The van der Waals surface area contributed by atoms with Crippen LogP contribution in [0, 0.1) is 41.4 Å². The third-order valence-corrected chi connectivity index (χ3v) is 9.06. The van der Waals surface area contributed by atoms with Gasteiger partial charge in [0.2, 0.25) is 0 Å². The molecule has 2 unspecified atom stereocenters. The van der Waals surface area contributed by atoms with Crippen LogP contribution in [0.15, 0.2) is 36.0 Å². The van der Waals surface area contributed by atoms with E-state index in [4.69, 9.17) is 0 Å². The van der Waals surface area contributed by atoms with Crippen molar-refractivity contribution in [3.63, 3.8) is 0 Å². The lowest BCUT2D eigenvalue weighted by atomic mass is 9.82. The fraction of sp³-hybridized carbons (Fsp3) is 0.867. The van der Waals surface area contributed by atoms with E-state index in [1.54, 1.807) is 5.57 Å². The van der Waals surface area contributed by atoms with Gasteiger partial charge in [0.15, 0.2) is 0 Å². The van der Waals surface area contributed by atoms with Crippen molar-refractivity contribution in [3.8, 4) is 0 Å². The normalized spacial score (nSPS) is 20.0. The van der Waals surface area contributed by atoms with Gasteiger partial charge in [-0.05, 0) is 106 Å². The van der Waals surface area contributed by atoms with Gasteiger partial charge >= 0.3 is 0 Å². The van der Waals surface area contributed by atoms with Crippen molar-refractivity contribution >= 4 is 0 Å². The molecule has 2 atom stereocenters. The molecule has 4 aliphatic rings. The maximum Gasteiger partial charge on any atom is -0.0210 e. The van der Waals surface area contributed by atoms with E-state index >= 15 is 0 Å². The number of hydrogen-bond donors (Lipinski definition) is 0. The summed E-state index contributed by atoms with van der Waals surface area (Å²) in [5.41, 5.74) is 1.68. The summed E-state index contributed by atoms with van der Waals surface area (Å²) in [6.07, 6.45) is 32.9. The van der Waals surface area contributed by atoms with Crippen molar-refractivity contribution in [2.75, 3.05) is 0 Å². The van der Waals surface area contributed by atoms with E-state index in [1.165, 1.54) is 96.3 Å². The molecule has 0 aromatic carbocycles. The van der Waals surface area contributed by atoms with E-state index in [0.717, 1.165) is 41.4 Å². The third-order valence-electron chi connectivity index (χ3n) is 9.06. The molecule has 0 heteroatoms. The SMILES string of the molecule is C.CC.CC.CC.CC.CC(C)C1=CCCCC1.CC(C)C1C=CCCC1.CC(C)C1CC=CCC1.CC(C)C1CCCCC1. The Balaban J connectivity index is -0.000000146. The average Bonchev–Trinajstić information content (AvgIpc) is 3.11. The second-order valence-electron chi connectivity index (χ2n) is 13.4. The van der Waals surface area contributed by atoms with Crippen LogP contribution in [-0.4, -0.2) is 0 Å². The standard InChI is InChI=1S/C9H18.3C9H16.4C2H6.CH4/c4*1-8(2)9-6-4-3-5-7-9;4*1-2;/h8-9H,3-7H2,1-2H3;6,8H,3-5,7H2,1-2H3;4,6,8-9H,3,5,7H2,1-2H3;3-4,8-9H,5-7H2,1-2H3;4*1-2H3;1H4. The highest BCUT2D eigenvalue weighted by molar-refractivity contribution is 5.07. The first-order chi connectivity index (χ1) is 21.2. The first kappa shape index (κ1) is 53.7. The zero-order valence-electron chi connectivity index (χ0n) is 34.0. The highest BCUT2D eigenvalue weighted by Gasteiger charge is 2.16. The summed E-state index contributed by atoms with van der Waals surface area (Å²) in [5, 5.41) is 0. The molecule has 4 rings (SSSR count). The van der Waals surface area contributed by atoms with E-state index < -0.39 is 0 Å². The maximum absolute atomic E-state index is 2.42. The first-order valence-electron chi connectivity index (χ1n) is 20.2. The second kappa shape index (κ2) is 41.2. The van der Waals surface area contributed by atoms with Gasteiger partial charge < -0.3 is 0 Å². The van der Waals surface area contributed by atoms with Gasteiger partial charge in [0, 0.05) is 0 Å². The fourth-order valence-corrected chi connectivity index (χ4v) is 6.00. The van der Waals surface area contributed by atoms with Crippen molar-refractivity contribution in [1.82, 2.24) is 0 Å². The van der Waals surface area contributed by atoms with E-state index in [0.29, 0.717) is 0 Å². The Labute approximate surface area is 291 Å². The Hall–Kier alpha value is -0.780. The maximum atomic E-state index is 2.42. The predicted octanol–water partition coefficient (Wildman–Crippen LogP) is 17.1. The van der Waals surface area contributed by atoms with Gasteiger partial charge in [-0.3, -0.25) is 0 Å². The smallest absolute Gasteiger partial charge is 0.0210 e. The largest absolute Gasteiger partial charge is 0.0885 e. The zero-order chi connectivity index (χ0) is 34.8. The first-order valence-corrected chi connectivity index (χ1v) is 20.2. The van der Waals surface area contributed by atoms with Gasteiger partial charge in [-0.1, -0.05) is 186 Å². The monoisotopic (exact) mass is 635 g/mol. The van der Waals surface area contributed by atoms with Crippen LogP contribution in [0.5, 0.6) is 0 Å². The van der Waals surface area contributed by atoms with Crippen LogP contribution in [0.25, 0.3) is 0 Å². The molecule has 1 saturated carbocycles. The Morgan fingerprint density at radius 1 is 0.489 bits per heavy atom. The average molecular weight is 635 g/mol. The molecule has 0 aromatic heterocycles. The van der Waals surface area contributed by atoms with Crippen LogP contribution in [-0.2, 0) is 0 Å². The van der Waals surface area contributed by atoms with Crippen LogP contribution in [0.1, 0.15) is 215 Å². The molecule has 0 spiro atoms. The molecular formula is C45H94. The summed E-state index contributed by atoms with van der Waals surface area (Å²) < 4.78 is 0. The van der Waals surface area contributed by atoms with Crippen LogP contribution in [0.4, 0.5) is 0 Å². The molecular weight excluding hydrogens is 540 g/mol. The summed E-state index contributed by atoms with van der Waals surface area (Å²) in [5.74, 6) is 6.36. The Morgan fingerprint density at radius 3 is 1.31 bits per heavy atom. The highest BCUT2D eigenvalue weighted by Crippen LogP contribution is 2.29. The molecule has 0 saturated heterocycles. The number of rotatable bonds is 4. The van der Waals surface area contributed by atoms with E-state index in [9.17, 15) is 0 Å². The lowest BCUT2D eigenvalue weighted by molar-refractivity contribution is 0.279. The van der Waals surface area contributed by atoms with Crippen molar-refractivity contribution in [2.45, 2.75) is 215 Å². The zero-order valence-corrected chi connectivity index (χ0v) is 34.0. The van der Waals surface area contributed by atoms with E-state index in [-0.39, 0.29) is 7.43 Å². The Bertz CT molecular complexity index is 594. The van der Waals surface area contributed by atoms with Crippen molar-refractivity contribution < 1.29 is 0 Å². The predicted molar refractivity (Wildman–Crippen MR) is 218 cm³/mol. The number of allylic oxidation sites excluding steroid dienone is 6. The van der Waals surface area contributed by atoms with Crippen LogP contribution in [0.3, 0.4) is 0 Å². The van der Waals surface area contributed by atoms with E-state index in [1.807, 2.05) is 55.4 Å². The van der Waals surface area contributed by atoms with Crippen molar-refractivity contribution in [3.05, 3.63) is 36.0 Å². The molecule has 0 aromatic rings. The third kappa shape index (κ3) is 32.9. The molecule has 1 fully saturated rings. The summed E-state index contributed by atoms with van der Waals surface area (Å²) in [4.78, 5) is 0. The lowest BCUT2D eigenvalue weighted by Gasteiger charge is -2.24. The minimum atomic E-state index is 0. The van der Waals surface area contributed by atoms with Gasteiger partial charge in [0.25, 0.3) is 0 Å². The topological polar surface area (TPSA) is 0 Å². The van der Waals surface area contributed by atoms with Crippen molar-refractivity contribution in [2.24, 2.45) is 41.4 Å². The summed E-state index contributed by atoms with van der Waals surface area (Å²) >= 11 is 0. The minimum absolute atomic E-state index is 0. The molecule has 0 bridgehead atoms. The lowest BCUT2D eigenvalue weighted by Crippen LogP contribution is -2.12. The molecule has 0 N–H and O–H groups in total. The molecule has 0 nitrogen and oxygen atoms in total. The molecule has 45 heavy (non-hydrogen) atoms. The van der Waals surface area contributed by atoms with Crippen molar-refractivity contribution in [1.29, 1.82) is 0 Å². The fourth-order valence-electron chi connectivity index (χ4n) is 6.00. The van der Waals surface area contributed by atoms with Crippen LogP contribution in [0.2, 0.25) is 0 Å². The Kier molecular flexibility index (Phi) is 49.2. The van der Waals surface area contributed by atoms with Gasteiger partial charge in [-0.15, -0.1) is 0 Å². The molecule has 0 aliphatic heterocycles. The van der Waals surface area contributed by atoms with Gasteiger partial charge in [0.05, 0.1) is 0 Å². The molecule has 0 radical (unpaired) electrons. The number of hydrogen-bond acceptors (Lipinski definition) is 0. The quantitative estimate of drug-likeness (QED) is 0.270. The van der Waals surface area contributed by atoms with Gasteiger partial charge in [-0.2, -0.15) is 0 Å². The molecule has 4 aliphatic carbocycles. The molecule has 274 valence electrons. The van der Waals surface area contributed by atoms with Crippen LogP contribution < -0.4 is 0 Å². The van der Waals surface area contributed by atoms with Crippen LogP contribution >= 0.6 is 0 Å². The summed E-state index contributed by atoms with van der Waals surface area (Å²) in [7, 11) is 0. The molecule has 0 amide bonds. The highest BCUT2D eigenvalue weighted by atomic mass is 14.2. The summed E-state index contributed by atoms with van der Waals surface area (Å²) in [6, 6.07) is 0. The van der Waals surface area contributed by atoms with Gasteiger partial charge in [0.1, 0.15) is 0 Å². The molecule has 0 heterocycles. The summed E-state index contributed by atoms with van der Waals surface area (Å²) in [6.45, 7) is 34.6. The second-order valence-corrected chi connectivity index (χ2v) is 13.4.